The Hall–Kier alpha value is -3.03. The van der Waals surface area contributed by atoms with E-state index in [4.69, 9.17) is 11.5 Å². The standard InChI is InChI=1S/C18H27N7O6/c1-18(31)5-9(26)6-24(15(28)10(19)4-12(20)27)7-11(18)25-8-21-14-13(25)16(29)23(3)17(30)22(14)2/h8-11,26,31H,4-7,19H2,1-3H3,(H2,20,27)/t9-,10?,11+,18+/m1/s1. The zero-order chi connectivity index (χ0) is 23.2. The Bertz CT molecular complexity index is 1150. The molecule has 3 heterocycles. The van der Waals surface area contributed by atoms with Gasteiger partial charge in [0.1, 0.15) is 0 Å². The van der Waals surface area contributed by atoms with Crippen molar-refractivity contribution in [3.8, 4) is 0 Å². The van der Waals surface area contributed by atoms with Gasteiger partial charge in [0.15, 0.2) is 11.2 Å². The van der Waals surface area contributed by atoms with E-state index in [1.54, 1.807) is 0 Å². The molecule has 2 aromatic heterocycles. The van der Waals surface area contributed by atoms with Gasteiger partial charge in [-0.1, -0.05) is 0 Å². The van der Waals surface area contributed by atoms with Gasteiger partial charge in [0, 0.05) is 33.6 Å². The number of hydrogen-bond acceptors (Lipinski definition) is 8. The van der Waals surface area contributed by atoms with Gasteiger partial charge in [0.2, 0.25) is 11.8 Å². The number of imidazole rings is 1. The number of β-amino-alcohol motifs (C(OH)–C–C–N with tert-alkyl or cyclic N) is 1. The summed E-state index contributed by atoms with van der Waals surface area (Å²) >= 11 is 0. The maximum absolute atomic E-state index is 12.8. The third-order valence-electron chi connectivity index (χ3n) is 5.75. The minimum Gasteiger partial charge on any atom is -0.391 e. The molecule has 1 saturated heterocycles. The molecule has 2 amide bonds. The third-order valence-corrected chi connectivity index (χ3v) is 5.75. The number of carbonyl (C=O) groups excluding carboxylic acids is 2. The minimum absolute atomic E-state index is 0.0695. The molecule has 170 valence electrons. The predicted molar refractivity (Wildman–Crippen MR) is 109 cm³/mol. The molecule has 4 atom stereocenters. The quantitative estimate of drug-likeness (QED) is 0.379. The Kier molecular flexibility index (Phi) is 5.78. The fraction of sp³-hybridized carbons (Fsp3) is 0.611. The number of amides is 2. The number of aryl methyl sites for hydroxylation is 1. The summed E-state index contributed by atoms with van der Waals surface area (Å²) in [7, 11) is 2.80. The van der Waals surface area contributed by atoms with Crippen molar-refractivity contribution < 1.29 is 19.8 Å². The van der Waals surface area contributed by atoms with Gasteiger partial charge in [-0.3, -0.25) is 23.5 Å². The molecule has 13 nitrogen and oxygen atoms in total. The first-order valence-electron chi connectivity index (χ1n) is 9.70. The number of aliphatic hydroxyl groups excluding tert-OH is 1. The van der Waals surface area contributed by atoms with Crippen molar-refractivity contribution in [3.63, 3.8) is 0 Å². The summed E-state index contributed by atoms with van der Waals surface area (Å²) < 4.78 is 3.54. The predicted octanol–water partition coefficient (Wildman–Crippen LogP) is -3.48. The second-order valence-corrected chi connectivity index (χ2v) is 8.28. The van der Waals surface area contributed by atoms with Crippen LogP contribution in [0, 0.1) is 0 Å². The van der Waals surface area contributed by atoms with Gasteiger partial charge < -0.3 is 31.1 Å². The summed E-state index contributed by atoms with van der Waals surface area (Å²) in [6.07, 6.45) is -0.234. The van der Waals surface area contributed by atoms with Crippen LogP contribution in [0.4, 0.5) is 0 Å². The number of nitrogens with zero attached hydrogens (tertiary/aromatic N) is 5. The first kappa shape index (κ1) is 22.7. The highest BCUT2D eigenvalue weighted by Crippen LogP contribution is 2.33. The normalized spacial score (nSPS) is 25.4. The topological polar surface area (TPSA) is 192 Å². The molecule has 13 heteroatoms. The third kappa shape index (κ3) is 3.98. The van der Waals surface area contributed by atoms with Gasteiger partial charge in [-0.15, -0.1) is 0 Å². The summed E-state index contributed by atoms with van der Waals surface area (Å²) in [6, 6.07) is -2.11. The smallest absolute Gasteiger partial charge is 0.332 e. The molecule has 0 aromatic carbocycles. The van der Waals surface area contributed by atoms with E-state index in [1.807, 2.05) is 0 Å². The highest BCUT2D eigenvalue weighted by molar-refractivity contribution is 5.87. The van der Waals surface area contributed by atoms with E-state index >= 15 is 0 Å². The first-order valence-corrected chi connectivity index (χ1v) is 9.70. The minimum atomic E-state index is -1.55. The Morgan fingerprint density at radius 3 is 2.55 bits per heavy atom. The van der Waals surface area contributed by atoms with Crippen LogP contribution < -0.4 is 22.7 Å². The summed E-state index contributed by atoms with van der Waals surface area (Å²) in [5, 5.41) is 21.5. The van der Waals surface area contributed by atoms with Gasteiger partial charge in [-0.2, -0.15) is 0 Å². The molecule has 6 N–H and O–H groups in total. The van der Waals surface area contributed by atoms with Crippen molar-refractivity contribution in [1.29, 1.82) is 0 Å². The number of aromatic nitrogens is 4. The van der Waals surface area contributed by atoms with E-state index in [1.165, 1.54) is 41.4 Å². The molecule has 0 radical (unpaired) electrons. The summed E-state index contributed by atoms with van der Waals surface area (Å²) in [6.45, 7) is 1.24. The average molecular weight is 437 g/mol. The molecule has 2 aromatic rings. The zero-order valence-electron chi connectivity index (χ0n) is 17.6. The highest BCUT2D eigenvalue weighted by atomic mass is 16.3. The van der Waals surface area contributed by atoms with Crippen LogP contribution in [0.15, 0.2) is 15.9 Å². The van der Waals surface area contributed by atoms with E-state index in [9.17, 15) is 29.4 Å². The number of likely N-dealkylation sites (tertiary alicyclic amines) is 1. The van der Waals surface area contributed by atoms with Crippen molar-refractivity contribution in [2.24, 2.45) is 25.6 Å². The molecule has 1 aliphatic heterocycles. The lowest BCUT2D eigenvalue weighted by Crippen LogP contribution is -2.49. The Balaban J connectivity index is 2.12. The molecule has 1 fully saturated rings. The molecule has 31 heavy (non-hydrogen) atoms. The van der Waals surface area contributed by atoms with Crippen LogP contribution in [0.2, 0.25) is 0 Å². The Morgan fingerprint density at radius 2 is 1.94 bits per heavy atom. The number of aliphatic hydroxyl groups is 2. The maximum Gasteiger partial charge on any atom is 0.332 e. The van der Waals surface area contributed by atoms with Gasteiger partial charge in [0.05, 0.1) is 36.5 Å². The van der Waals surface area contributed by atoms with Crippen LogP contribution in [0.1, 0.15) is 25.8 Å². The van der Waals surface area contributed by atoms with Crippen molar-refractivity contribution in [2.45, 2.75) is 43.6 Å². The summed E-state index contributed by atoms with van der Waals surface area (Å²) in [5.74, 6) is -1.37. The van der Waals surface area contributed by atoms with E-state index in [0.717, 1.165) is 4.57 Å². The summed E-state index contributed by atoms with van der Waals surface area (Å²) in [4.78, 5) is 54.4. The highest BCUT2D eigenvalue weighted by Gasteiger charge is 2.43. The summed E-state index contributed by atoms with van der Waals surface area (Å²) in [5.41, 5.74) is 8.41. The fourth-order valence-corrected chi connectivity index (χ4v) is 4.12. The fourth-order valence-electron chi connectivity index (χ4n) is 4.12. The molecule has 1 aliphatic rings. The lowest BCUT2D eigenvalue weighted by molar-refractivity contribution is -0.136. The van der Waals surface area contributed by atoms with E-state index < -0.39 is 46.9 Å². The first-order chi connectivity index (χ1) is 14.3. The van der Waals surface area contributed by atoms with Crippen molar-refractivity contribution in [2.75, 3.05) is 13.1 Å². The van der Waals surface area contributed by atoms with Gasteiger partial charge in [0.25, 0.3) is 5.56 Å². The van der Waals surface area contributed by atoms with Crippen molar-refractivity contribution in [1.82, 2.24) is 23.6 Å². The zero-order valence-corrected chi connectivity index (χ0v) is 17.6. The molecule has 0 saturated carbocycles. The second kappa shape index (κ2) is 7.90. The Labute approximate surface area is 176 Å². The molecule has 0 aliphatic carbocycles. The van der Waals surface area contributed by atoms with E-state index in [2.05, 4.69) is 4.98 Å². The van der Waals surface area contributed by atoms with Crippen LogP contribution in [-0.4, -0.2) is 76.4 Å². The lowest BCUT2D eigenvalue weighted by Gasteiger charge is -2.34. The average Bonchev–Trinajstić information content (AvgIpc) is 3.05. The van der Waals surface area contributed by atoms with E-state index in [-0.39, 0.29) is 37.1 Å². The van der Waals surface area contributed by atoms with Gasteiger partial charge >= 0.3 is 5.69 Å². The molecular weight excluding hydrogens is 410 g/mol. The number of carbonyl (C=O) groups is 2. The van der Waals surface area contributed by atoms with Crippen LogP contribution in [0.25, 0.3) is 11.2 Å². The van der Waals surface area contributed by atoms with Crippen LogP contribution in [0.3, 0.4) is 0 Å². The van der Waals surface area contributed by atoms with Gasteiger partial charge in [-0.25, -0.2) is 9.78 Å². The number of rotatable bonds is 4. The number of nitrogens with two attached hydrogens (primary N) is 2. The monoisotopic (exact) mass is 437 g/mol. The number of primary amides is 1. The molecular formula is C18H27N7O6. The largest absolute Gasteiger partial charge is 0.391 e. The number of fused-ring (bicyclic) bond motifs is 1. The molecule has 3 rings (SSSR count). The lowest BCUT2D eigenvalue weighted by atomic mass is 9.91. The van der Waals surface area contributed by atoms with Crippen molar-refractivity contribution >= 4 is 23.0 Å². The Morgan fingerprint density at radius 1 is 1.29 bits per heavy atom. The van der Waals surface area contributed by atoms with Crippen LogP contribution in [0.5, 0.6) is 0 Å². The molecule has 0 spiro atoms. The molecule has 1 unspecified atom stereocenters. The van der Waals surface area contributed by atoms with Gasteiger partial charge in [-0.05, 0) is 6.92 Å². The van der Waals surface area contributed by atoms with E-state index in [0.29, 0.717) is 0 Å². The molecule has 0 bridgehead atoms. The second-order valence-electron chi connectivity index (χ2n) is 8.28. The SMILES string of the molecule is Cn1c(=O)c2c(ncn2[C@H]2CN(C(=O)C(N)CC(N)=O)C[C@H](O)C[C@]2(C)O)n(C)c1=O. The van der Waals surface area contributed by atoms with Crippen LogP contribution >= 0.6 is 0 Å². The maximum atomic E-state index is 12.8. The van der Waals surface area contributed by atoms with Crippen molar-refractivity contribution in [3.05, 3.63) is 27.2 Å². The van der Waals surface area contributed by atoms with Crippen LogP contribution in [-0.2, 0) is 23.7 Å². The number of hydrogen-bond donors (Lipinski definition) is 4.